The van der Waals surface area contributed by atoms with Gasteiger partial charge >= 0.3 is 0 Å². The first-order valence-corrected chi connectivity index (χ1v) is 10.7. The number of anilines is 2. The smallest absolute Gasteiger partial charge is 0.255 e. The monoisotopic (exact) mass is 409 g/mol. The lowest BCUT2D eigenvalue weighted by Crippen LogP contribution is -2.40. The van der Waals surface area contributed by atoms with Crippen molar-refractivity contribution in [3.05, 3.63) is 54.1 Å². The van der Waals surface area contributed by atoms with E-state index in [1.807, 2.05) is 43.3 Å². The Kier molecular flexibility index (Phi) is 6.00. The molecule has 1 amide bonds. The molecule has 4 rings (SSSR count). The second-order valence-electron chi connectivity index (χ2n) is 7.87. The Hall–Kier alpha value is -2.60. The normalized spacial score (nSPS) is 22.2. The Morgan fingerprint density at radius 3 is 2.31 bits per heavy atom. The van der Waals surface area contributed by atoms with Crippen LogP contribution in [0.3, 0.4) is 0 Å². The highest BCUT2D eigenvalue weighted by atomic mass is 32.1. The Morgan fingerprint density at radius 1 is 1.00 bits per heavy atom. The lowest BCUT2D eigenvalue weighted by Gasteiger charge is -2.24. The van der Waals surface area contributed by atoms with Gasteiger partial charge in [0.15, 0.2) is 5.11 Å². The zero-order valence-corrected chi connectivity index (χ0v) is 17.4. The molecule has 3 N–H and O–H groups in total. The molecule has 2 saturated carbocycles. The summed E-state index contributed by atoms with van der Waals surface area (Å²) < 4.78 is 5.42. The van der Waals surface area contributed by atoms with Crippen molar-refractivity contribution in [2.45, 2.75) is 38.6 Å². The molecular weight excluding hydrogens is 382 g/mol. The molecule has 2 aliphatic carbocycles. The standard InChI is InChI=1S/C23H27N3O2S/c1-2-28-20-11-9-18(10-12-20)24-22(27)16-5-7-19(8-6-16)25-23(29)26-21-14-15-3-4-17(21)13-15/h5-12,15,17,21H,2-4,13-14H2,1H3,(H,24,27)(H2,25,26,29). The van der Waals surface area contributed by atoms with Gasteiger partial charge in [-0.05, 0) is 98.8 Å². The molecule has 0 aliphatic heterocycles. The van der Waals surface area contributed by atoms with Crippen molar-refractivity contribution in [2.24, 2.45) is 11.8 Å². The van der Waals surface area contributed by atoms with Gasteiger partial charge in [-0.1, -0.05) is 6.42 Å². The maximum absolute atomic E-state index is 12.5. The zero-order chi connectivity index (χ0) is 20.2. The minimum absolute atomic E-state index is 0.150. The highest BCUT2D eigenvalue weighted by Gasteiger charge is 2.39. The van der Waals surface area contributed by atoms with E-state index in [-0.39, 0.29) is 5.91 Å². The number of hydrogen-bond donors (Lipinski definition) is 3. The second-order valence-corrected chi connectivity index (χ2v) is 8.28. The van der Waals surface area contributed by atoms with Crippen molar-refractivity contribution < 1.29 is 9.53 Å². The van der Waals surface area contributed by atoms with Crippen LogP contribution in [0.5, 0.6) is 5.75 Å². The first-order valence-electron chi connectivity index (χ1n) is 10.3. The molecule has 3 atom stereocenters. The van der Waals surface area contributed by atoms with Gasteiger partial charge in [0.2, 0.25) is 0 Å². The van der Waals surface area contributed by atoms with Gasteiger partial charge in [0.25, 0.3) is 5.91 Å². The van der Waals surface area contributed by atoms with Gasteiger partial charge in [-0.3, -0.25) is 4.79 Å². The zero-order valence-electron chi connectivity index (χ0n) is 16.6. The number of benzene rings is 2. The molecule has 2 aromatic carbocycles. The van der Waals surface area contributed by atoms with E-state index in [2.05, 4.69) is 16.0 Å². The second kappa shape index (κ2) is 8.82. The van der Waals surface area contributed by atoms with E-state index in [1.165, 1.54) is 25.7 Å². The third-order valence-electron chi connectivity index (χ3n) is 5.88. The van der Waals surface area contributed by atoms with Crippen LogP contribution in [-0.2, 0) is 0 Å². The summed E-state index contributed by atoms with van der Waals surface area (Å²) in [6, 6.07) is 15.2. The summed E-state index contributed by atoms with van der Waals surface area (Å²) in [5.41, 5.74) is 2.21. The van der Waals surface area contributed by atoms with Crippen LogP contribution in [0.2, 0.25) is 0 Å². The predicted molar refractivity (Wildman–Crippen MR) is 121 cm³/mol. The van der Waals surface area contributed by atoms with Crippen molar-refractivity contribution in [3.63, 3.8) is 0 Å². The molecule has 0 spiro atoms. The van der Waals surface area contributed by atoms with Crippen molar-refractivity contribution in [2.75, 3.05) is 17.2 Å². The minimum atomic E-state index is -0.150. The molecule has 0 aromatic heterocycles. The molecule has 2 fully saturated rings. The van der Waals surface area contributed by atoms with Gasteiger partial charge < -0.3 is 20.7 Å². The summed E-state index contributed by atoms with van der Waals surface area (Å²) in [6.07, 6.45) is 5.28. The molecule has 0 radical (unpaired) electrons. The average Bonchev–Trinajstić information content (AvgIpc) is 3.33. The molecule has 2 aliphatic rings. The maximum Gasteiger partial charge on any atom is 0.255 e. The first kappa shape index (κ1) is 19.7. The third kappa shape index (κ3) is 4.88. The van der Waals surface area contributed by atoms with Crippen LogP contribution >= 0.6 is 12.2 Å². The molecule has 5 nitrogen and oxygen atoms in total. The van der Waals surface area contributed by atoms with E-state index in [4.69, 9.17) is 17.0 Å². The van der Waals surface area contributed by atoms with Gasteiger partial charge in [-0.15, -0.1) is 0 Å². The van der Waals surface area contributed by atoms with Gasteiger partial charge in [-0.25, -0.2) is 0 Å². The van der Waals surface area contributed by atoms with Crippen LogP contribution in [-0.4, -0.2) is 23.7 Å². The lowest BCUT2D eigenvalue weighted by atomic mass is 9.96. The van der Waals surface area contributed by atoms with E-state index >= 15 is 0 Å². The summed E-state index contributed by atoms with van der Waals surface area (Å²) >= 11 is 5.48. The largest absolute Gasteiger partial charge is 0.494 e. The van der Waals surface area contributed by atoms with E-state index < -0.39 is 0 Å². The maximum atomic E-state index is 12.5. The van der Waals surface area contributed by atoms with Gasteiger partial charge in [0.05, 0.1) is 6.61 Å². The van der Waals surface area contributed by atoms with Crippen LogP contribution in [0.15, 0.2) is 48.5 Å². The van der Waals surface area contributed by atoms with E-state index in [1.54, 1.807) is 12.1 Å². The molecular formula is C23H27N3O2S. The summed E-state index contributed by atoms with van der Waals surface area (Å²) in [4.78, 5) is 12.5. The van der Waals surface area contributed by atoms with Gasteiger partial charge in [0.1, 0.15) is 5.75 Å². The molecule has 6 heteroatoms. The van der Waals surface area contributed by atoms with Crippen LogP contribution in [0, 0.1) is 11.8 Å². The fraction of sp³-hybridized carbons (Fsp3) is 0.391. The Bertz CT molecular complexity index is 867. The number of carbonyl (C=O) groups is 1. The molecule has 2 aromatic rings. The summed E-state index contributed by atoms with van der Waals surface area (Å²) in [5, 5.41) is 10.3. The van der Waals surface area contributed by atoms with Crippen molar-refractivity contribution in [3.8, 4) is 5.75 Å². The molecule has 2 bridgehead atoms. The van der Waals surface area contributed by atoms with E-state index in [0.717, 1.165) is 29.0 Å². The highest BCUT2D eigenvalue weighted by molar-refractivity contribution is 7.80. The fourth-order valence-electron chi connectivity index (χ4n) is 4.47. The quantitative estimate of drug-likeness (QED) is 0.598. The number of nitrogens with one attached hydrogen (secondary N) is 3. The lowest BCUT2D eigenvalue weighted by molar-refractivity contribution is 0.102. The predicted octanol–water partition coefficient (Wildman–Crippen LogP) is 4.81. The average molecular weight is 410 g/mol. The molecule has 0 heterocycles. The van der Waals surface area contributed by atoms with Crippen LogP contribution < -0.4 is 20.7 Å². The van der Waals surface area contributed by atoms with E-state index in [9.17, 15) is 4.79 Å². The van der Waals surface area contributed by atoms with Crippen LogP contribution in [0.25, 0.3) is 0 Å². The van der Waals surface area contributed by atoms with Crippen molar-refractivity contribution >= 4 is 34.6 Å². The van der Waals surface area contributed by atoms with Crippen LogP contribution in [0.1, 0.15) is 43.0 Å². The minimum Gasteiger partial charge on any atom is -0.494 e. The van der Waals surface area contributed by atoms with Crippen molar-refractivity contribution in [1.82, 2.24) is 5.32 Å². The fourth-order valence-corrected chi connectivity index (χ4v) is 4.74. The number of ether oxygens (including phenoxy) is 1. The molecule has 3 unspecified atom stereocenters. The SMILES string of the molecule is CCOc1ccc(NC(=O)c2ccc(NC(=S)NC3CC4CCC3C4)cc2)cc1. The number of rotatable bonds is 6. The van der Waals surface area contributed by atoms with Crippen molar-refractivity contribution in [1.29, 1.82) is 0 Å². The molecule has 29 heavy (non-hydrogen) atoms. The topological polar surface area (TPSA) is 62.4 Å². The first-order chi connectivity index (χ1) is 14.1. The Morgan fingerprint density at radius 2 is 1.69 bits per heavy atom. The van der Waals surface area contributed by atoms with Gasteiger partial charge in [0, 0.05) is 23.0 Å². The van der Waals surface area contributed by atoms with Gasteiger partial charge in [-0.2, -0.15) is 0 Å². The molecule has 0 saturated heterocycles. The molecule has 152 valence electrons. The Balaban J connectivity index is 1.29. The van der Waals surface area contributed by atoms with E-state index in [0.29, 0.717) is 23.3 Å². The number of carbonyl (C=O) groups excluding carboxylic acids is 1. The van der Waals surface area contributed by atoms with Crippen LogP contribution in [0.4, 0.5) is 11.4 Å². The number of thiocarbonyl (C=S) groups is 1. The number of amides is 1. The summed E-state index contributed by atoms with van der Waals surface area (Å²) in [6.45, 7) is 2.56. The number of fused-ring (bicyclic) bond motifs is 2. The number of hydrogen-bond acceptors (Lipinski definition) is 3. The third-order valence-corrected chi connectivity index (χ3v) is 6.10. The summed E-state index contributed by atoms with van der Waals surface area (Å²) in [7, 11) is 0. The summed E-state index contributed by atoms with van der Waals surface area (Å²) in [5.74, 6) is 2.29. The highest BCUT2D eigenvalue weighted by Crippen LogP contribution is 2.44. The Labute approximate surface area is 177 Å².